The van der Waals surface area contributed by atoms with Gasteiger partial charge in [0.25, 0.3) is 0 Å². The summed E-state index contributed by atoms with van der Waals surface area (Å²) in [5.74, 6) is 0.827. The smallest absolute Gasteiger partial charge is 0.172 e. The van der Waals surface area contributed by atoms with Crippen molar-refractivity contribution in [2.24, 2.45) is 0 Å². The van der Waals surface area contributed by atoms with Crippen LogP contribution in [0, 0.1) is 6.92 Å². The largest absolute Gasteiger partial charge is 0.362 e. The molecule has 0 fully saturated rings. The Kier molecular flexibility index (Phi) is 2.31. The van der Waals surface area contributed by atoms with Gasteiger partial charge in [-0.05, 0) is 18.4 Å². The van der Waals surface area contributed by atoms with Gasteiger partial charge in [0.15, 0.2) is 5.82 Å². The van der Waals surface area contributed by atoms with Gasteiger partial charge in [-0.25, -0.2) is 0 Å². The molecule has 2 heterocycles. The number of rotatable bonds is 3. The van der Waals surface area contributed by atoms with Crippen molar-refractivity contribution in [1.29, 1.82) is 0 Å². The summed E-state index contributed by atoms with van der Waals surface area (Å²) in [6.07, 6.45) is 1.64. The zero-order valence-corrected chi connectivity index (χ0v) is 8.10. The van der Waals surface area contributed by atoms with Crippen LogP contribution in [0.5, 0.6) is 0 Å². The highest BCUT2D eigenvalue weighted by atomic mass is 32.1. The van der Waals surface area contributed by atoms with Gasteiger partial charge < -0.3 is 9.84 Å². The summed E-state index contributed by atoms with van der Waals surface area (Å²) in [5.41, 5.74) is 1.04. The molecule has 0 saturated carbocycles. The Bertz CT molecular complexity index is 367. The van der Waals surface area contributed by atoms with Crippen LogP contribution in [0.3, 0.4) is 0 Å². The van der Waals surface area contributed by atoms with E-state index in [1.54, 1.807) is 17.6 Å². The predicted octanol–water partition coefficient (Wildman–Crippen LogP) is 2.66. The molecule has 0 aliphatic heterocycles. The molecule has 0 radical (unpaired) electrons. The fourth-order valence-electron chi connectivity index (χ4n) is 1.04. The first kappa shape index (κ1) is 8.31. The van der Waals surface area contributed by atoms with Gasteiger partial charge in [-0.2, -0.15) is 0 Å². The zero-order chi connectivity index (χ0) is 9.10. The molecular formula is C9H10N2OS. The van der Waals surface area contributed by atoms with Gasteiger partial charge in [-0.15, -0.1) is 11.3 Å². The lowest BCUT2D eigenvalue weighted by Crippen LogP contribution is -1.98. The summed E-state index contributed by atoms with van der Waals surface area (Å²) in [5, 5.41) is 9.10. The normalized spacial score (nSPS) is 10.2. The van der Waals surface area contributed by atoms with E-state index in [0.29, 0.717) is 0 Å². The number of thiophene rings is 1. The van der Waals surface area contributed by atoms with E-state index in [1.165, 1.54) is 4.88 Å². The summed E-state index contributed by atoms with van der Waals surface area (Å²) < 4.78 is 4.81. The molecule has 0 bridgehead atoms. The lowest BCUT2D eigenvalue weighted by atomic mass is 10.4. The fraction of sp³-hybridized carbons (Fsp3) is 0.222. The van der Waals surface area contributed by atoms with Crippen LogP contribution in [0.4, 0.5) is 5.82 Å². The van der Waals surface area contributed by atoms with Crippen molar-refractivity contribution >= 4 is 17.2 Å². The second-order valence-electron chi connectivity index (χ2n) is 2.78. The third-order valence-corrected chi connectivity index (χ3v) is 2.63. The molecule has 0 aliphatic rings. The number of nitrogens with one attached hydrogen (secondary N) is 1. The maximum atomic E-state index is 4.81. The van der Waals surface area contributed by atoms with Crippen molar-refractivity contribution in [3.8, 4) is 0 Å². The predicted molar refractivity (Wildman–Crippen MR) is 52.9 cm³/mol. The van der Waals surface area contributed by atoms with Gasteiger partial charge in [0.1, 0.15) is 6.26 Å². The Labute approximate surface area is 80.4 Å². The molecule has 0 atom stereocenters. The van der Waals surface area contributed by atoms with E-state index in [2.05, 4.69) is 21.9 Å². The van der Waals surface area contributed by atoms with Gasteiger partial charge in [-0.3, -0.25) is 0 Å². The van der Waals surface area contributed by atoms with Crippen LogP contribution >= 0.6 is 11.3 Å². The summed E-state index contributed by atoms with van der Waals surface area (Å²) in [6.45, 7) is 2.78. The third-order valence-electron chi connectivity index (χ3n) is 1.76. The quantitative estimate of drug-likeness (QED) is 0.816. The van der Waals surface area contributed by atoms with E-state index in [9.17, 15) is 0 Å². The Balaban J connectivity index is 1.97. The van der Waals surface area contributed by atoms with E-state index in [4.69, 9.17) is 4.52 Å². The first-order chi connectivity index (χ1) is 6.36. The molecule has 0 aromatic carbocycles. The number of aryl methyl sites for hydroxylation is 1. The van der Waals surface area contributed by atoms with Crippen LogP contribution in [0.25, 0.3) is 0 Å². The second-order valence-corrected chi connectivity index (χ2v) is 3.81. The molecule has 0 unspecified atom stereocenters. The van der Waals surface area contributed by atoms with Crippen molar-refractivity contribution in [2.75, 3.05) is 5.32 Å². The van der Waals surface area contributed by atoms with Gasteiger partial charge >= 0.3 is 0 Å². The number of anilines is 1. The van der Waals surface area contributed by atoms with E-state index in [-0.39, 0.29) is 0 Å². The minimum Gasteiger partial charge on any atom is -0.362 e. The minimum absolute atomic E-state index is 0.811. The average Bonchev–Trinajstić information content (AvgIpc) is 2.72. The SMILES string of the molecule is Cc1conc1NCc1cccs1. The van der Waals surface area contributed by atoms with Gasteiger partial charge in [0.05, 0.1) is 6.54 Å². The van der Waals surface area contributed by atoms with E-state index in [0.717, 1.165) is 17.9 Å². The molecule has 68 valence electrons. The lowest BCUT2D eigenvalue weighted by molar-refractivity contribution is 0.421. The maximum Gasteiger partial charge on any atom is 0.172 e. The molecule has 2 aromatic rings. The molecule has 0 aliphatic carbocycles. The first-order valence-corrected chi connectivity index (χ1v) is 4.91. The van der Waals surface area contributed by atoms with Crippen molar-refractivity contribution in [1.82, 2.24) is 5.16 Å². The van der Waals surface area contributed by atoms with Crippen molar-refractivity contribution in [3.05, 3.63) is 34.2 Å². The van der Waals surface area contributed by atoms with Crippen molar-refractivity contribution < 1.29 is 4.52 Å². The fourth-order valence-corrected chi connectivity index (χ4v) is 1.69. The molecule has 2 aromatic heterocycles. The molecule has 0 saturated heterocycles. The molecule has 13 heavy (non-hydrogen) atoms. The van der Waals surface area contributed by atoms with Gasteiger partial charge in [0.2, 0.25) is 0 Å². The minimum atomic E-state index is 0.811. The highest BCUT2D eigenvalue weighted by Gasteiger charge is 2.01. The topological polar surface area (TPSA) is 38.1 Å². The monoisotopic (exact) mass is 194 g/mol. The van der Waals surface area contributed by atoms with E-state index in [1.807, 2.05) is 13.0 Å². The van der Waals surface area contributed by atoms with Crippen molar-refractivity contribution in [2.45, 2.75) is 13.5 Å². The molecule has 2 rings (SSSR count). The molecule has 0 amide bonds. The Hall–Kier alpha value is -1.29. The Morgan fingerprint density at radius 1 is 1.62 bits per heavy atom. The highest BCUT2D eigenvalue weighted by Crippen LogP contribution is 2.14. The average molecular weight is 194 g/mol. The molecule has 3 nitrogen and oxygen atoms in total. The standard InChI is InChI=1S/C9H10N2OS/c1-7-6-12-11-9(7)10-5-8-3-2-4-13-8/h2-4,6H,5H2,1H3,(H,10,11). The summed E-state index contributed by atoms with van der Waals surface area (Å²) in [4.78, 5) is 1.29. The molecular weight excluding hydrogens is 184 g/mol. The Morgan fingerprint density at radius 2 is 2.54 bits per heavy atom. The second kappa shape index (κ2) is 3.62. The van der Waals surface area contributed by atoms with Crippen molar-refractivity contribution in [3.63, 3.8) is 0 Å². The van der Waals surface area contributed by atoms with Crippen LogP contribution in [-0.4, -0.2) is 5.16 Å². The first-order valence-electron chi connectivity index (χ1n) is 4.03. The zero-order valence-electron chi connectivity index (χ0n) is 7.28. The molecule has 0 spiro atoms. The molecule has 4 heteroatoms. The highest BCUT2D eigenvalue weighted by molar-refractivity contribution is 7.09. The number of hydrogen-bond acceptors (Lipinski definition) is 4. The van der Waals surface area contributed by atoms with Crippen LogP contribution in [0.1, 0.15) is 10.4 Å². The lowest BCUT2D eigenvalue weighted by Gasteiger charge is -1.99. The van der Waals surface area contributed by atoms with Crippen LogP contribution in [0.2, 0.25) is 0 Å². The van der Waals surface area contributed by atoms with E-state index < -0.39 is 0 Å². The number of nitrogens with zero attached hydrogens (tertiary/aromatic N) is 1. The third kappa shape index (κ3) is 1.89. The van der Waals surface area contributed by atoms with Crippen LogP contribution < -0.4 is 5.32 Å². The summed E-state index contributed by atoms with van der Waals surface area (Å²) >= 11 is 1.73. The van der Waals surface area contributed by atoms with Crippen LogP contribution in [0.15, 0.2) is 28.3 Å². The summed E-state index contributed by atoms with van der Waals surface area (Å²) in [7, 11) is 0. The van der Waals surface area contributed by atoms with Gasteiger partial charge in [0, 0.05) is 10.4 Å². The van der Waals surface area contributed by atoms with Crippen LogP contribution in [-0.2, 0) is 6.54 Å². The maximum absolute atomic E-state index is 4.81. The number of hydrogen-bond donors (Lipinski definition) is 1. The molecule has 1 N–H and O–H groups in total. The summed E-state index contributed by atoms with van der Waals surface area (Å²) in [6, 6.07) is 4.13. The number of aromatic nitrogens is 1. The Morgan fingerprint density at radius 3 is 3.15 bits per heavy atom. The van der Waals surface area contributed by atoms with Gasteiger partial charge in [-0.1, -0.05) is 11.2 Å². The van der Waals surface area contributed by atoms with E-state index >= 15 is 0 Å².